The second-order valence-corrected chi connectivity index (χ2v) is 11.5. The Labute approximate surface area is 218 Å². The van der Waals surface area contributed by atoms with Crippen LogP contribution in [-0.4, -0.2) is 53.0 Å². The maximum atomic E-state index is 13.8. The van der Waals surface area contributed by atoms with Crippen molar-refractivity contribution in [2.75, 3.05) is 11.9 Å². The zero-order valence-corrected chi connectivity index (χ0v) is 22.2. The largest absolute Gasteiger partial charge is 0.359 e. The van der Waals surface area contributed by atoms with Gasteiger partial charge in [-0.05, 0) is 49.3 Å². The Morgan fingerprint density at radius 2 is 2.00 bits per heavy atom. The molecule has 3 amide bonds. The zero-order valence-electron chi connectivity index (χ0n) is 21.4. The minimum Gasteiger partial charge on any atom is -0.359 e. The van der Waals surface area contributed by atoms with E-state index in [1.807, 2.05) is 32.1 Å². The summed E-state index contributed by atoms with van der Waals surface area (Å²) < 4.78 is 6.39. The van der Waals surface area contributed by atoms with Gasteiger partial charge in [0.2, 0.25) is 17.7 Å². The summed E-state index contributed by atoms with van der Waals surface area (Å²) in [4.78, 5) is 42.7. The van der Waals surface area contributed by atoms with Gasteiger partial charge < -0.3 is 20.3 Å². The molecule has 1 spiro atoms. The molecule has 4 aliphatic rings. The number of anilines is 1. The molecule has 3 heterocycles. The summed E-state index contributed by atoms with van der Waals surface area (Å²) in [5, 5.41) is 6.76. The lowest BCUT2D eigenvalue weighted by Gasteiger charge is -2.38. The Kier molecular flexibility index (Phi) is 6.66. The summed E-state index contributed by atoms with van der Waals surface area (Å²) >= 11 is 6.25. The smallest absolute Gasteiger partial charge is 0.246 e. The third-order valence-electron chi connectivity index (χ3n) is 8.86. The van der Waals surface area contributed by atoms with Gasteiger partial charge in [-0.25, -0.2) is 0 Å². The number of aryl methyl sites for hydroxylation is 1. The van der Waals surface area contributed by atoms with E-state index in [4.69, 9.17) is 16.3 Å². The average Bonchev–Trinajstić information content (AvgIpc) is 3.47. The van der Waals surface area contributed by atoms with Crippen LogP contribution in [0.3, 0.4) is 0 Å². The minimum atomic E-state index is -1.13. The Bertz CT molecular complexity index is 1110. The standard InChI is InChI=1S/C28H36ClN3O4/c1-5-13-32-24(26(34)31-20-8-6-7-15(2)17(20)4)28-12-11-21(36-28)22(23(28)27(32)35)25(33)30-18-10-9-16(3)19(29)14-18/h9-12,14-15,17,20-24H,5-8,13H2,1-4H3,(H,30,33)(H,31,34)/t15-,17-,20+,21+,22+,23+,24-,28-/m0/s1. The Morgan fingerprint density at radius 3 is 2.72 bits per heavy atom. The summed E-state index contributed by atoms with van der Waals surface area (Å²) in [7, 11) is 0. The van der Waals surface area contributed by atoms with Gasteiger partial charge in [-0.3, -0.25) is 14.4 Å². The average molecular weight is 514 g/mol. The summed E-state index contributed by atoms with van der Waals surface area (Å²) in [6.45, 7) is 8.74. The van der Waals surface area contributed by atoms with Crippen LogP contribution in [-0.2, 0) is 19.1 Å². The Hall–Kier alpha value is -2.38. The predicted octanol–water partition coefficient (Wildman–Crippen LogP) is 4.09. The topological polar surface area (TPSA) is 87.7 Å². The molecule has 2 bridgehead atoms. The van der Waals surface area contributed by atoms with E-state index < -0.39 is 29.6 Å². The number of carbonyl (C=O) groups excluding carboxylic acids is 3. The molecule has 8 atom stereocenters. The highest BCUT2D eigenvalue weighted by Gasteiger charge is 2.72. The third-order valence-corrected chi connectivity index (χ3v) is 9.27. The Morgan fingerprint density at radius 1 is 1.22 bits per heavy atom. The van der Waals surface area contributed by atoms with Gasteiger partial charge in [0.05, 0.1) is 17.9 Å². The van der Waals surface area contributed by atoms with Crippen molar-refractivity contribution >= 4 is 35.0 Å². The lowest BCUT2D eigenvalue weighted by atomic mass is 9.73. The van der Waals surface area contributed by atoms with Gasteiger partial charge in [0.15, 0.2) is 0 Å². The first-order valence-electron chi connectivity index (χ1n) is 13.2. The van der Waals surface area contributed by atoms with Crippen molar-refractivity contribution in [2.45, 2.75) is 77.2 Å². The first-order chi connectivity index (χ1) is 17.2. The van der Waals surface area contributed by atoms with Crippen molar-refractivity contribution in [3.63, 3.8) is 0 Å². The first kappa shape index (κ1) is 25.3. The lowest BCUT2D eigenvalue weighted by Crippen LogP contribution is -2.57. The highest BCUT2D eigenvalue weighted by molar-refractivity contribution is 6.31. The monoisotopic (exact) mass is 513 g/mol. The van der Waals surface area contributed by atoms with E-state index >= 15 is 0 Å². The number of ether oxygens (including phenoxy) is 1. The molecule has 3 fully saturated rings. The molecule has 1 aromatic carbocycles. The van der Waals surface area contributed by atoms with Gasteiger partial charge in [-0.15, -0.1) is 0 Å². The van der Waals surface area contributed by atoms with E-state index in [9.17, 15) is 14.4 Å². The summed E-state index contributed by atoms with van der Waals surface area (Å²) in [6.07, 6.45) is 7.05. The van der Waals surface area contributed by atoms with Gasteiger partial charge in [-0.2, -0.15) is 0 Å². The molecule has 36 heavy (non-hydrogen) atoms. The van der Waals surface area contributed by atoms with Crippen LogP contribution in [0.2, 0.25) is 5.02 Å². The van der Waals surface area contributed by atoms with Crippen molar-refractivity contribution in [2.24, 2.45) is 23.7 Å². The third kappa shape index (κ3) is 3.95. The molecule has 194 valence electrons. The maximum Gasteiger partial charge on any atom is 0.246 e. The molecule has 3 aliphatic heterocycles. The fourth-order valence-corrected chi connectivity index (χ4v) is 6.87. The van der Waals surface area contributed by atoms with Crippen LogP contribution in [0.5, 0.6) is 0 Å². The molecule has 8 heteroatoms. The molecule has 5 rings (SSSR count). The van der Waals surface area contributed by atoms with E-state index in [2.05, 4.69) is 24.5 Å². The van der Waals surface area contributed by atoms with Crippen molar-refractivity contribution in [1.82, 2.24) is 10.2 Å². The number of rotatable bonds is 6. The second kappa shape index (κ2) is 9.49. The number of likely N-dealkylation sites (tertiary alicyclic amines) is 1. The molecular weight excluding hydrogens is 478 g/mol. The molecule has 1 aliphatic carbocycles. The van der Waals surface area contributed by atoms with E-state index in [-0.39, 0.29) is 23.8 Å². The van der Waals surface area contributed by atoms with Crippen LogP contribution in [0.15, 0.2) is 30.4 Å². The predicted molar refractivity (Wildman–Crippen MR) is 138 cm³/mol. The molecule has 7 nitrogen and oxygen atoms in total. The number of amides is 3. The first-order valence-corrected chi connectivity index (χ1v) is 13.6. The number of fused-ring (bicyclic) bond motifs is 1. The van der Waals surface area contributed by atoms with E-state index in [1.54, 1.807) is 17.0 Å². The number of hydrogen-bond donors (Lipinski definition) is 2. The van der Waals surface area contributed by atoms with Crippen LogP contribution in [0, 0.1) is 30.6 Å². The van der Waals surface area contributed by atoms with Crippen molar-refractivity contribution in [3.05, 3.63) is 40.9 Å². The summed E-state index contributed by atoms with van der Waals surface area (Å²) in [5.41, 5.74) is 0.357. The van der Waals surface area contributed by atoms with Gasteiger partial charge >= 0.3 is 0 Å². The minimum absolute atomic E-state index is 0.0724. The van der Waals surface area contributed by atoms with E-state index in [0.29, 0.717) is 35.5 Å². The van der Waals surface area contributed by atoms with Crippen LogP contribution in [0.1, 0.15) is 52.0 Å². The zero-order chi connectivity index (χ0) is 25.8. The van der Waals surface area contributed by atoms with E-state index in [0.717, 1.165) is 18.4 Å². The molecule has 2 saturated heterocycles. The second-order valence-electron chi connectivity index (χ2n) is 11.1. The van der Waals surface area contributed by atoms with Gasteiger partial charge in [0.1, 0.15) is 11.6 Å². The van der Waals surface area contributed by atoms with Crippen LogP contribution in [0.25, 0.3) is 0 Å². The molecule has 0 aromatic heterocycles. The number of nitrogens with one attached hydrogen (secondary N) is 2. The molecule has 0 radical (unpaired) electrons. The maximum absolute atomic E-state index is 13.8. The molecule has 0 unspecified atom stereocenters. The molecule has 2 N–H and O–H groups in total. The summed E-state index contributed by atoms with van der Waals surface area (Å²) in [6, 6.07) is 4.63. The molecular formula is C28H36ClN3O4. The van der Waals surface area contributed by atoms with Crippen molar-refractivity contribution in [3.8, 4) is 0 Å². The van der Waals surface area contributed by atoms with Crippen molar-refractivity contribution < 1.29 is 19.1 Å². The molecule has 1 saturated carbocycles. The van der Waals surface area contributed by atoms with Gasteiger partial charge in [-0.1, -0.05) is 63.4 Å². The van der Waals surface area contributed by atoms with Crippen LogP contribution in [0.4, 0.5) is 5.69 Å². The highest BCUT2D eigenvalue weighted by Crippen LogP contribution is 2.55. The fourth-order valence-electron chi connectivity index (χ4n) is 6.69. The van der Waals surface area contributed by atoms with Gasteiger partial charge in [0, 0.05) is 23.3 Å². The van der Waals surface area contributed by atoms with Crippen molar-refractivity contribution in [1.29, 1.82) is 0 Å². The number of carbonyl (C=O) groups is 3. The highest BCUT2D eigenvalue weighted by atomic mass is 35.5. The number of halogens is 1. The number of benzene rings is 1. The summed E-state index contributed by atoms with van der Waals surface area (Å²) in [5.74, 6) is -1.21. The number of nitrogens with zero attached hydrogens (tertiary/aromatic N) is 1. The molecule has 1 aromatic rings. The fraction of sp³-hybridized carbons (Fsp3) is 0.607. The normalized spacial score (nSPS) is 36.8. The van der Waals surface area contributed by atoms with Crippen LogP contribution >= 0.6 is 11.6 Å². The number of hydrogen-bond acceptors (Lipinski definition) is 4. The SMILES string of the molecule is CCCN1C(=O)[C@H]2[C@H](C(=O)Nc3ccc(C)c(Cl)c3)[C@H]3C=C[C@@]2(O3)[C@@H]1C(=O)N[C@@H]1CCC[C@H](C)[C@@H]1C. The van der Waals surface area contributed by atoms with Crippen LogP contribution < -0.4 is 10.6 Å². The quantitative estimate of drug-likeness (QED) is 0.561. The Balaban J connectivity index is 1.42. The van der Waals surface area contributed by atoms with E-state index in [1.165, 1.54) is 6.42 Å². The lowest BCUT2D eigenvalue weighted by molar-refractivity contribution is -0.141. The van der Waals surface area contributed by atoms with Gasteiger partial charge in [0.25, 0.3) is 0 Å².